The molecule has 0 radical (unpaired) electrons. The van der Waals surface area contributed by atoms with Crippen molar-refractivity contribution < 1.29 is 19.0 Å². The molecule has 140 valence electrons. The first-order valence-corrected chi connectivity index (χ1v) is 9.60. The van der Waals surface area contributed by atoms with E-state index < -0.39 is 12.0 Å². The van der Waals surface area contributed by atoms with Crippen molar-refractivity contribution >= 4 is 17.7 Å². The van der Waals surface area contributed by atoms with Crippen LogP contribution in [0, 0.1) is 0 Å². The second-order valence-corrected chi connectivity index (χ2v) is 6.71. The standard InChI is InChI=1S/C20H25NO4S/c1-23-17-10-14(12-26-4)11-18(24-2)19(17)15-7-5-13(6-8-15)9-16(21)20(22)25-3/h5-8,10-11,16H,9,12,21H2,1-4H3/t16-/m0/s1. The van der Waals surface area contributed by atoms with Gasteiger partial charge in [0.25, 0.3) is 0 Å². The summed E-state index contributed by atoms with van der Waals surface area (Å²) in [6.07, 6.45) is 2.48. The molecule has 5 nitrogen and oxygen atoms in total. The molecule has 1 atom stereocenters. The highest BCUT2D eigenvalue weighted by molar-refractivity contribution is 7.97. The lowest BCUT2D eigenvalue weighted by molar-refractivity contribution is -0.142. The molecular weight excluding hydrogens is 350 g/mol. The fraction of sp³-hybridized carbons (Fsp3) is 0.350. The molecule has 0 saturated carbocycles. The van der Waals surface area contributed by atoms with E-state index in [1.165, 1.54) is 7.11 Å². The van der Waals surface area contributed by atoms with E-state index in [2.05, 4.69) is 11.0 Å². The number of nitrogens with two attached hydrogens (primary N) is 1. The lowest BCUT2D eigenvalue weighted by Gasteiger charge is -2.16. The predicted molar refractivity (Wildman–Crippen MR) is 106 cm³/mol. The van der Waals surface area contributed by atoms with Gasteiger partial charge in [-0.1, -0.05) is 24.3 Å². The van der Waals surface area contributed by atoms with Gasteiger partial charge >= 0.3 is 5.97 Å². The van der Waals surface area contributed by atoms with Crippen molar-refractivity contribution in [3.63, 3.8) is 0 Å². The van der Waals surface area contributed by atoms with Gasteiger partial charge in [0.1, 0.15) is 17.5 Å². The van der Waals surface area contributed by atoms with Crippen LogP contribution in [0.4, 0.5) is 0 Å². The summed E-state index contributed by atoms with van der Waals surface area (Å²) < 4.78 is 15.9. The van der Waals surface area contributed by atoms with Gasteiger partial charge in [0, 0.05) is 5.75 Å². The van der Waals surface area contributed by atoms with Crippen LogP contribution in [0.2, 0.25) is 0 Å². The summed E-state index contributed by atoms with van der Waals surface area (Å²) in [7, 11) is 4.65. The second-order valence-electron chi connectivity index (χ2n) is 5.84. The SMILES string of the molecule is COC(=O)[C@@H](N)Cc1ccc(-c2c(OC)cc(CSC)cc2OC)cc1. The van der Waals surface area contributed by atoms with Crippen LogP contribution in [0.1, 0.15) is 11.1 Å². The van der Waals surface area contributed by atoms with Gasteiger partial charge in [-0.15, -0.1) is 0 Å². The Morgan fingerprint density at radius 2 is 1.62 bits per heavy atom. The Bertz CT molecular complexity index is 721. The maximum atomic E-state index is 11.5. The number of carbonyl (C=O) groups is 1. The Balaban J connectivity index is 2.34. The Hall–Kier alpha value is -2.18. The van der Waals surface area contributed by atoms with Crippen molar-refractivity contribution in [2.75, 3.05) is 27.6 Å². The van der Waals surface area contributed by atoms with Crippen LogP contribution in [0.5, 0.6) is 11.5 Å². The summed E-state index contributed by atoms with van der Waals surface area (Å²) in [5.74, 6) is 2.01. The molecule has 2 N–H and O–H groups in total. The first-order valence-electron chi connectivity index (χ1n) is 8.20. The van der Waals surface area contributed by atoms with E-state index in [1.54, 1.807) is 26.0 Å². The molecule has 0 amide bonds. The Labute approximate surface area is 158 Å². The quantitative estimate of drug-likeness (QED) is 0.714. The molecule has 0 fully saturated rings. The minimum Gasteiger partial charge on any atom is -0.496 e. The van der Waals surface area contributed by atoms with Crippen LogP contribution >= 0.6 is 11.8 Å². The van der Waals surface area contributed by atoms with Gasteiger partial charge in [-0.3, -0.25) is 4.79 Å². The van der Waals surface area contributed by atoms with Crippen molar-refractivity contribution in [2.24, 2.45) is 5.73 Å². The number of esters is 1. The molecule has 0 aliphatic heterocycles. The molecule has 0 aromatic heterocycles. The van der Waals surface area contributed by atoms with E-state index in [1.807, 2.05) is 36.4 Å². The smallest absolute Gasteiger partial charge is 0.322 e. The molecule has 26 heavy (non-hydrogen) atoms. The fourth-order valence-electron chi connectivity index (χ4n) is 2.80. The Morgan fingerprint density at radius 3 is 2.08 bits per heavy atom. The van der Waals surface area contributed by atoms with Crippen molar-refractivity contribution in [3.05, 3.63) is 47.5 Å². The number of carbonyl (C=O) groups excluding carboxylic acids is 1. The molecule has 2 aromatic carbocycles. The zero-order valence-corrected chi connectivity index (χ0v) is 16.4. The van der Waals surface area contributed by atoms with Crippen LogP contribution in [-0.4, -0.2) is 39.6 Å². The summed E-state index contributed by atoms with van der Waals surface area (Å²) in [5, 5.41) is 0. The molecule has 2 rings (SSSR count). The van der Waals surface area contributed by atoms with Gasteiger partial charge in [-0.2, -0.15) is 11.8 Å². The monoisotopic (exact) mass is 375 g/mol. The van der Waals surface area contributed by atoms with Gasteiger partial charge in [-0.25, -0.2) is 0 Å². The van der Waals surface area contributed by atoms with E-state index in [0.29, 0.717) is 6.42 Å². The molecular formula is C20H25NO4S. The molecule has 2 aromatic rings. The van der Waals surface area contributed by atoms with Gasteiger partial charge in [0.05, 0.1) is 26.9 Å². The average molecular weight is 375 g/mol. The van der Waals surface area contributed by atoms with Crippen LogP contribution in [0.15, 0.2) is 36.4 Å². The van der Waals surface area contributed by atoms with E-state index in [0.717, 1.165) is 39.5 Å². The molecule has 0 bridgehead atoms. The minimum absolute atomic E-state index is 0.415. The van der Waals surface area contributed by atoms with Crippen molar-refractivity contribution in [1.82, 2.24) is 0 Å². The zero-order valence-electron chi connectivity index (χ0n) is 15.6. The van der Waals surface area contributed by atoms with Gasteiger partial charge in [0.15, 0.2) is 0 Å². The van der Waals surface area contributed by atoms with Crippen molar-refractivity contribution in [2.45, 2.75) is 18.2 Å². The van der Waals surface area contributed by atoms with Crippen molar-refractivity contribution in [3.8, 4) is 22.6 Å². The van der Waals surface area contributed by atoms with Crippen LogP contribution in [0.25, 0.3) is 11.1 Å². The number of rotatable bonds is 8. The topological polar surface area (TPSA) is 70.8 Å². The summed E-state index contributed by atoms with van der Waals surface area (Å²) in [6, 6.07) is 11.3. The lowest BCUT2D eigenvalue weighted by atomic mass is 9.98. The number of hydrogen-bond donors (Lipinski definition) is 1. The number of methoxy groups -OCH3 is 3. The highest BCUT2D eigenvalue weighted by atomic mass is 32.2. The first kappa shape index (κ1) is 20.1. The maximum Gasteiger partial charge on any atom is 0.322 e. The van der Waals surface area contributed by atoms with E-state index in [9.17, 15) is 4.79 Å². The average Bonchev–Trinajstić information content (AvgIpc) is 2.67. The third-order valence-corrected chi connectivity index (χ3v) is 4.70. The number of thioether (sulfide) groups is 1. The molecule has 6 heteroatoms. The summed E-state index contributed by atoms with van der Waals surface area (Å²) in [4.78, 5) is 11.5. The number of ether oxygens (including phenoxy) is 3. The predicted octanol–water partition coefficient (Wildman–Crippen LogP) is 3.28. The maximum absolute atomic E-state index is 11.5. The molecule has 0 aliphatic carbocycles. The van der Waals surface area contributed by atoms with E-state index in [-0.39, 0.29) is 0 Å². The van der Waals surface area contributed by atoms with Gasteiger partial charge < -0.3 is 19.9 Å². The van der Waals surface area contributed by atoms with Crippen molar-refractivity contribution in [1.29, 1.82) is 0 Å². The zero-order chi connectivity index (χ0) is 19.1. The minimum atomic E-state index is -0.666. The largest absolute Gasteiger partial charge is 0.496 e. The summed E-state index contributed by atoms with van der Waals surface area (Å²) in [6.45, 7) is 0. The Morgan fingerprint density at radius 1 is 1.04 bits per heavy atom. The molecule has 0 aliphatic rings. The third-order valence-electron chi connectivity index (χ3n) is 4.08. The normalized spacial score (nSPS) is 11.7. The highest BCUT2D eigenvalue weighted by Gasteiger charge is 2.17. The van der Waals surface area contributed by atoms with Gasteiger partial charge in [0.2, 0.25) is 0 Å². The molecule has 0 unspecified atom stereocenters. The lowest BCUT2D eigenvalue weighted by Crippen LogP contribution is -2.33. The second kappa shape index (κ2) is 9.50. The summed E-state index contributed by atoms with van der Waals surface area (Å²) in [5.41, 5.74) is 9.82. The highest BCUT2D eigenvalue weighted by Crippen LogP contribution is 2.40. The van der Waals surface area contributed by atoms with Crippen LogP contribution in [0.3, 0.4) is 0 Å². The summed E-state index contributed by atoms with van der Waals surface area (Å²) >= 11 is 1.75. The van der Waals surface area contributed by atoms with E-state index >= 15 is 0 Å². The van der Waals surface area contributed by atoms with E-state index in [4.69, 9.17) is 15.2 Å². The molecule has 0 heterocycles. The molecule has 0 saturated heterocycles. The third kappa shape index (κ3) is 4.71. The van der Waals surface area contributed by atoms with Crippen LogP contribution < -0.4 is 15.2 Å². The first-order chi connectivity index (χ1) is 12.5. The van der Waals surface area contributed by atoms with Gasteiger partial charge in [-0.05, 0) is 41.5 Å². The Kier molecular flexibility index (Phi) is 7.36. The van der Waals surface area contributed by atoms with Crippen LogP contribution in [-0.2, 0) is 21.7 Å². The molecule has 0 spiro atoms. The number of benzene rings is 2. The number of hydrogen-bond acceptors (Lipinski definition) is 6. The fourth-order valence-corrected chi connectivity index (χ4v) is 3.30.